The lowest BCUT2D eigenvalue weighted by Gasteiger charge is -2.23. The fourth-order valence-electron chi connectivity index (χ4n) is 3.55. The molecule has 0 fully saturated rings. The average molecular weight is 441 g/mol. The largest absolute Gasteiger partial charge is 0.322 e. The van der Waals surface area contributed by atoms with Crippen molar-refractivity contribution in [1.29, 1.82) is 0 Å². The lowest BCUT2D eigenvalue weighted by molar-refractivity contribution is -0.132. The Bertz CT molecular complexity index is 1220. The summed E-state index contributed by atoms with van der Waals surface area (Å²) in [6, 6.07) is 23.8. The minimum Gasteiger partial charge on any atom is -0.322 e. The van der Waals surface area contributed by atoms with Gasteiger partial charge < -0.3 is 10.6 Å². The number of rotatable bonds is 6. The Hall–Kier alpha value is -4.26. The standard InChI is InChI=1S/C26H24N4O3/c1-18-8-7-11-20(16-18)27-25(32)21-12-5-6-13-22(21)28-26(33)23-14-15-24(31)30(29-23)17-19-9-3-2-4-10-19/h2-13,16H,14-15,17H2,1H3,(H,27,32)(H,28,33). The Kier molecular flexibility index (Phi) is 6.59. The maximum absolute atomic E-state index is 12.9. The molecule has 3 aromatic rings. The van der Waals surface area contributed by atoms with Gasteiger partial charge in [-0.25, -0.2) is 5.01 Å². The van der Waals surface area contributed by atoms with Crippen molar-refractivity contribution < 1.29 is 14.4 Å². The molecule has 3 aromatic carbocycles. The molecule has 7 heteroatoms. The van der Waals surface area contributed by atoms with Gasteiger partial charge in [-0.2, -0.15) is 5.10 Å². The van der Waals surface area contributed by atoms with Gasteiger partial charge in [-0.3, -0.25) is 14.4 Å². The summed E-state index contributed by atoms with van der Waals surface area (Å²) in [5.74, 6) is -0.896. The maximum Gasteiger partial charge on any atom is 0.271 e. The zero-order chi connectivity index (χ0) is 23.2. The number of nitrogens with one attached hydrogen (secondary N) is 2. The van der Waals surface area contributed by atoms with E-state index in [2.05, 4.69) is 15.7 Å². The van der Waals surface area contributed by atoms with Gasteiger partial charge in [0.2, 0.25) is 5.91 Å². The first-order chi connectivity index (χ1) is 16.0. The Morgan fingerprint density at radius 2 is 1.64 bits per heavy atom. The van der Waals surface area contributed by atoms with Crippen molar-refractivity contribution in [2.75, 3.05) is 10.6 Å². The van der Waals surface area contributed by atoms with Gasteiger partial charge in [0.05, 0.1) is 17.8 Å². The number of nitrogens with zero attached hydrogens (tertiary/aromatic N) is 2. The van der Waals surface area contributed by atoms with Crippen molar-refractivity contribution in [3.63, 3.8) is 0 Å². The number of amides is 3. The molecule has 2 N–H and O–H groups in total. The van der Waals surface area contributed by atoms with Crippen LogP contribution in [-0.2, 0) is 16.1 Å². The summed E-state index contributed by atoms with van der Waals surface area (Å²) in [6.07, 6.45) is 0.447. The zero-order valence-corrected chi connectivity index (χ0v) is 18.2. The number of benzene rings is 3. The van der Waals surface area contributed by atoms with Gasteiger partial charge in [0.1, 0.15) is 5.71 Å². The highest BCUT2D eigenvalue weighted by Gasteiger charge is 2.25. The van der Waals surface area contributed by atoms with E-state index in [0.29, 0.717) is 23.5 Å². The minimum absolute atomic E-state index is 0.131. The van der Waals surface area contributed by atoms with Crippen LogP contribution in [0.2, 0.25) is 0 Å². The summed E-state index contributed by atoms with van der Waals surface area (Å²) in [4.78, 5) is 38.1. The first kappa shape index (κ1) is 22.0. The van der Waals surface area contributed by atoms with Crippen molar-refractivity contribution in [3.05, 3.63) is 95.6 Å². The molecule has 3 amide bonds. The normalized spacial score (nSPS) is 13.3. The zero-order valence-electron chi connectivity index (χ0n) is 18.2. The Balaban J connectivity index is 1.49. The van der Waals surface area contributed by atoms with Crippen LogP contribution in [0.3, 0.4) is 0 Å². The fourth-order valence-corrected chi connectivity index (χ4v) is 3.55. The third-order valence-electron chi connectivity index (χ3n) is 5.24. The van der Waals surface area contributed by atoms with Crippen LogP contribution in [0.25, 0.3) is 0 Å². The van der Waals surface area contributed by atoms with Gasteiger partial charge in [0.25, 0.3) is 11.8 Å². The second kappa shape index (κ2) is 9.91. The highest BCUT2D eigenvalue weighted by Crippen LogP contribution is 2.20. The molecular weight excluding hydrogens is 416 g/mol. The Morgan fingerprint density at radius 3 is 2.42 bits per heavy atom. The quantitative estimate of drug-likeness (QED) is 0.597. The summed E-state index contributed by atoms with van der Waals surface area (Å²) < 4.78 is 0. The van der Waals surface area contributed by atoms with E-state index in [0.717, 1.165) is 11.1 Å². The van der Waals surface area contributed by atoms with E-state index < -0.39 is 5.91 Å². The number of carbonyl (C=O) groups excluding carboxylic acids is 3. The topological polar surface area (TPSA) is 90.9 Å². The molecule has 0 saturated carbocycles. The number of aryl methyl sites for hydroxylation is 1. The lowest BCUT2D eigenvalue weighted by atomic mass is 10.1. The summed E-state index contributed by atoms with van der Waals surface area (Å²) in [7, 11) is 0. The molecule has 0 spiro atoms. The summed E-state index contributed by atoms with van der Waals surface area (Å²) >= 11 is 0. The van der Waals surface area contributed by atoms with Gasteiger partial charge >= 0.3 is 0 Å². The van der Waals surface area contributed by atoms with Crippen molar-refractivity contribution in [2.24, 2.45) is 5.10 Å². The fraction of sp³-hybridized carbons (Fsp3) is 0.154. The molecule has 1 aliphatic rings. The smallest absolute Gasteiger partial charge is 0.271 e. The van der Waals surface area contributed by atoms with Gasteiger partial charge in [-0.05, 0) is 42.3 Å². The van der Waals surface area contributed by atoms with Crippen molar-refractivity contribution in [3.8, 4) is 0 Å². The molecule has 0 aliphatic carbocycles. The molecular formula is C26H24N4O3. The van der Waals surface area contributed by atoms with Crippen LogP contribution in [0.1, 0.15) is 34.3 Å². The molecule has 0 saturated heterocycles. The molecule has 0 atom stereocenters. The predicted molar refractivity (Wildman–Crippen MR) is 128 cm³/mol. The molecule has 33 heavy (non-hydrogen) atoms. The summed E-state index contributed by atoms with van der Waals surface area (Å²) in [6.45, 7) is 2.24. The van der Waals surface area contributed by atoms with Crippen LogP contribution in [0, 0.1) is 6.92 Å². The van der Waals surface area contributed by atoms with Crippen LogP contribution in [0.4, 0.5) is 11.4 Å². The number of hydrazone groups is 1. The number of para-hydroxylation sites is 1. The van der Waals surface area contributed by atoms with Crippen LogP contribution in [-0.4, -0.2) is 28.4 Å². The van der Waals surface area contributed by atoms with E-state index in [1.807, 2.05) is 55.5 Å². The third-order valence-corrected chi connectivity index (χ3v) is 5.24. The highest BCUT2D eigenvalue weighted by atomic mass is 16.2. The molecule has 4 rings (SSSR count). The predicted octanol–water partition coefficient (Wildman–Crippen LogP) is 4.36. The van der Waals surface area contributed by atoms with Gasteiger partial charge in [-0.15, -0.1) is 0 Å². The van der Waals surface area contributed by atoms with Crippen molar-refractivity contribution in [1.82, 2.24) is 5.01 Å². The van der Waals surface area contributed by atoms with Crippen LogP contribution in [0.5, 0.6) is 0 Å². The highest BCUT2D eigenvalue weighted by molar-refractivity contribution is 6.44. The second-order valence-corrected chi connectivity index (χ2v) is 7.81. The molecule has 166 valence electrons. The molecule has 0 aromatic heterocycles. The first-order valence-corrected chi connectivity index (χ1v) is 10.7. The van der Waals surface area contributed by atoms with E-state index in [9.17, 15) is 14.4 Å². The van der Waals surface area contributed by atoms with Crippen molar-refractivity contribution >= 4 is 34.8 Å². The number of hydrogen-bond acceptors (Lipinski definition) is 4. The number of hydrogen-bond donors (Lipinski definition) is 2. The molecule has 0 bridgehead atoms. The molecule has 1 aliphatic heterocycles. The number of anilines is 2. The SMILES string of the molecule is Cc1cccc(NC(=O)c2ccccc2NC(=O)C2=NN(Cc3ccccc3)C(=O)CC2)c1. The average Bonchev–Trinajstić information content (AvgIpc) is 2.81. The van der Waals surface area contributed by atoms with Crippen LogP contribution < -0.4 is 10.6 Å². The van der Waals surface area contributed by atoms with Crippen LogP contribution >= 0.6 is 0 Å². The van der Waals surface area contributed by atoms with Gasteiger partial charge in [0.15, 0.2) is 0 Å². The second-order valence-electron chi connectivity index (χ2n) is 7.81. The van der Waals surface area contributed by atoms with E-state index in [1.54, 1.807) is 30.3 Å². The van der Waals surface area contributed by atoms with Gasteiger partial charge in [0, 0.05) is 18.5 Å². The molecule has 1 heterocycles. The molecule has 7 nitrogen and oxygen atoms in total. The third kappa shape index (κ3) is 5.51. The Labute approximate surface area is 192 Å². The van der Waals surface area contributed by atoms with E-state index >= 15 is 0 Å². The Morgan fingerprint density at radius 1 is 0.879 bits per heavy atom. The number of carbonyl (C=O) groups is 3. The molecule has 0 unspecified atom stereocenters. The maximum atomic E-state index is 12.9. The summed E-state index contributed by atoms with van der Waals surface area (Å²) in [5.41, 5.74) is 3.59. The van der Waals surface area contributed by atoms with E-state index in [4.69, 9.17) is 0 Å². The first-order valence-electron chi connectivity index (χ1n) is 10.7. The van der Waals surface area contributed by atoms with E-state index in [-0.39, 0.29) is 30.4 Å². The van der Waals surface area contributed by atoms with Crippen LogP contribution in [0.15, 0.2) is 84.0 Å². The van der Waals surface area contributed by atoms with Crippen molar-refractivity contribution in [2.45, 2.75) is 26.3 Å². The monoisotopic (exact) mass is 440 g/mol. The van der Waals surface area contributed by atoms with E-state index in [1.165, 1.54) is 5.01 Å². The minimum atomic E-state index is -0.434. The molecule has 0 radical (unpaired) electrons. The lowest BCUT2D eigenvalue weighted by Crippen LogP contribution is -2.36. The summed E-state index contributed by atoms with van der Waals surface area (Å²) in [5, 5.41) is 11.3. The van der Waals surface area contributed by atoms with Gasteiger partial charge in [-0.1, -0.05) is 54.6 Å².